The summed E-state index contributed by atoms with van der Waals surface area (Å²) in [5.74, 6) is 1.14. The average Bonchev–Trinajstić information content (AvgIpc) is 3.23. The second-order valence-electron chi connectivity index (χ2n) is 6.62. The van der Waals surface area contributed by atoms with Gasteiger partial charge in [-0.05, 0) is 61.9 Å². The van der Waals surface area contributed by atoms with Crippen molar-refractivity contribution < 1.29 is 9.53 Å². The second kappa shape index (κ2) is 8.54. The van der Waals surface area contributed by atoms with E-state index in [1.165, 1.54) is 6.33 Å². The number of ether oxygens (including phenoxy) is 1. The van der Waals surface area contributed by atoms with E-state index >= 15 is 0 Å². The number of nitrogens with zero attached hydrogens (tertiary/aromatic N) is 4. The van der Waals surface area contributed by atoms with Crippen LogP contribution in [0.15, 0.2) is 64.8 Å². The summed E-state index contributed by atoms with van der Waals surface area (Å²) in [6.45, 7) is 4.10. The largest absolute Gasteiger partial charge is 0.497 e. The number of amides is 1. The van der Waals surface area contributed by atoms with Crippen molar-refractivity contribution in [2.24, 2.45) is 0 Å². The minimum absolute atomic E-state index is 0.166. The smallest absolute Gasteiger partial charge is 0.255 e. The molecular weight excluding hydrogens is 398 g/mol. The standard InChI is InChI=1S/C22H21N5O2S/c1-4-19-14(2)25-22-23-13-24-27(22)21(19)30-18-11-7-16(8-12-18)26-20(28)15-5-9-17(29-3)10-6-15/h5-13H,4H2,1-3H3,(H,26,28). The topological polar surface area (TPSA) is 81.4 Å². The van der Waals surface area contributed by atoms with Crippen molar-refractivity contribution in [3.8, 4) is 5.75 Å². The molecule has 0 fully saturated rings. The Bertz CT molecular complexity index is 1190. The Balaban J connectivity index is 1.52. The molecule has 0 bridgehead atoms. The van der Waals surface area contributed by atoms with Gasteiger partial charge in [0.15, 0.2) is 0 Å². The third-order valence-electron chi connectivity index (χ3n) is 4.72. The summed E-state index contributed by atoms with van der Waals surface area (Å²) in [5, 5.41) is 8.25. The molecule has 4 aromatic rings. The van der Waals surface area contributed by atoms with Crippen LogP contribution in [0.2, 0.25) is 0 Å². The van der Waals surface area contributed by atoms with Gasteiger partial charge in [0.1, 0.15) is 17.1 Å². The second-order valence-corrected chi connectivity index (χ2v) is 7.68. The molecule has 0 atom stereocenters. The van der Waals surface area contributed by atoms with Gasteiger partial charge in [0.2, 0.25) is 0 Å². The summed E-state index contributed by atoms with van der Waals surface area (Å²) in [6, 6.07) is 14.7. The molecule has 0 saturated heterocycles. The summed E-state index contributed by atoms with van der Waals surface area (Å²) in [4.78, 5) is 22.2. The third-order valence-corrected chi connectivity index (χ3v) is 5.84. The zero-order valence-electron chi connectivity index (χ0n) is 16.9. The van der Waals surface area contributed by atoms with E-state index in [0.29, 0.717) is 17.1 Å². The van der Waals surface area contributed by atoms with E-state index in [1.807, 2.05) is 31.2 Å². The minimum Gasteiger partial charge on any atom is -0.497 e. The van der Waals surface area contributed by atoms with Gasteiger partial charge in [-0.25, -0.2) is 4.98 Å². The Morgan fingerprint density at radius 2 is 1.87 bits per heavy atom. The summed E-state index contributed by atoms with van der Waals surface area (Å²) in [6.07, 6.45) is 2.37. The van der Waals surface area contributed by atoms with Crippen LogP contribution >= 0.6 is 11.8 Å². The van der Waals surface area contributed by atoms with Gasteiger partial charge in [-0.2, -0.15) is 14.6 Å². The van der Waals surface area contributed by atoms with Gasteiger partial charge in [-0.1, -0.05) is 18.7 Å². The number of anilines is 1. The number of hydrogen-bond acceptors (Lipinski definition) is 6. The molecule has 4 rings (SSSR count). The van der Waals surface area contributed by atoms with Crippen LogP contribution in [0, 0.1) is 6.92 Å². The number of nitrogens with one attached hydrogen (secondary N) is 1. The van der Waals surface area contributed by atoms with Crippen molar-refractivity contribution >= 4 is 29.1 Å². The van der Waals surface area contributed by atoms with Gasteiger partial charge in [-0.3, -0.25) is 4.79 Å². The molecule has 2 heterocycles. The van der Waals surface area contributed by atoms with Gasteiger partial charge in [-0.15, -0.1) is 0 Å². The highest BCUT2D eigenvalue weighted by Crippen LogP contribution is 2.32. The van der Waals surface area contributed by atoms with Crippen LogP contribution in [-0.2, 0) is 6.42 Å². The molecule has 1 amide bonds. The first-order valence-corrected chi connectivity index (χ1v) is 10.3. The van der Waals surface area contributed by atoms with E-state index in [0.717, 1.165) is 33.3 Å². The number of fused-ring (bicyclic) bond motifs is 1. The molecule has 0 radical (unpaired) electrons. The monoisotopic (exact) mass is 419 g/mol. The first-order valence-electron chi connectivity index (χ1n) is 9.51. The number of hydrogen-bond donors (Lipinski definition) is 1. The zero-order valence-corrected chi connectivity index (χ0v) is 17.7. The summed E-state index contributed by atoms with van der Waals surface area (Å²) >= 11 is 1.61. The summed E-state index contributed by atoms with van der Waals surface area (Å²) < 4.78 is 6.90. The molecule has 152 valence electrons. The van der Waals surface area contributed by atoms with Crippen molar-refractivity contribution in [3.63, 3.8) is 0 Å². The maximum absolute atomic E-state index is 12.4. The van der Waals surface area contributed by atoms with Crippen LogP contribution in [-0.4, -0.2) is 32.6 Å². The van der Waals surface area contributed by atoms with E-state index in [-0.39, 0.29) is 5.91 Å². The van der Waals surface area contributed by atoms with Gasteiger partial charge in [0, 0.05) is 27.4 Å². The fourth-order valence-electron chi connectivity index (χ4n) is 3.13. The van der Waals surface area contributed by atoms with Crippen molar-refractivity contribution in [3.05, 3.63) is 71.7 Å². The number of benzene rings is 2. The van der Waals surface area contributed by atoms with Crippen LogP contribution in [0.4, 0.5) is 5.69 Å². The lowest BCUT2D eigenvalue weighted by molar-refractivity contribution is 0.102. The quantitative estimate of drug-likeness (QED) is 0.466. The molecule has 30 heavy (non-hydrogen) atoms. The highest BCUT2D eigenvalue weighted by molar-refractivity contribution is 7.99. The molecule has 0 saturated carbocycles. The van der Waals surface area contributed by atoms with Crippen LogP contribution in [0.5, 0.6) is 5.75 Å². The lowest BCUT2D eigenvalue weighted by atomic mass is 10.2. The first-order chi connectivity index (χ1) is 14.6. The van der Waals surface area contributed by atoms with Crippen molar-refractivity contribution in [2.75, 3.05) is 12.4 Å². The number of carbonyl (C=O) groups is 1. The Kier molecular flexibility index (Phi) is 5.67. The Morgan fingerprint density at radius 3 is 2.53 bits per heavy atom. The minimum atomic E-state index is -0.166. The van der Waals surface area contributed by atoms with E-state index in [2.05, 4.69) is 27.3 Å². The maximum Gasteiger partial charge on any atom is 0.255 e. The molecule has 0 unspecified atom stereocenters. The van der Waals surface area contributed by atoms with Crippen LogP contribution < -0.4 is 10.1 Å². The molecule has 2 aromatic heterocycles. The normalized spacial score (nSPS) is 10.9. The number of aryl methyl sites for hydroxylation is 1. The predicted octanol–water partition coefficient (Wildman–Crippen LogP) is 4.41. The molecule has 2 aromatic carbocycles. The molecule has 0 aliphatic carbocycles. The third kappa shape index (κ3) is 3.99. The van der Waals surface area contributed by atoms with E-state index < -0.39 is 0 Å². The van der Waals surface area contributed by atoms with Crippen molar-refractivity contribution in [2.45, 2.75) is 30.2 Å². The fraction of sp³-hybridized carbons (Fsp3) is 0.182. The number of methoxy groups -OCH3 is 1. The van der Waals surface area contributed by atoms with Crippen LogP contribution in [0.25, 0.3) is 5.78 Å². The lowest BCUT2D eigenvalue weighted by Gasteiger charge is -2.12. The predicted molar refractivity (Wildman–Crippen MR) is 116 cm³/mol. The maximum atomic E-state index is 12.4. The van der Waals surface area contributed by atoms with Crippen LogP contribution in [0.3, 0.4) is 0 Å². The summed E-state index contributed by atoms with van der Waals surface area (Å²) in [5.41, 5.74) is 3.41. The summed E-state index contributed by atoms with van der Waals surface area (Å²) in [7, 11) is 1.60. The SMILES string of the molecule is CCc1c(C)nc2ncnn2c1Sc1ccc(NC(=O)c2ccc(OC)cc2)cc1. The fourth-order valence-corrected chi connectivity index (χ4v) is 4.26. The zero-order chi connectivity index (χ0) is 21.1. The van der Waals surface area contributed by atoms with Crippen LogP contribution in [0.1, 0.15) is 28.5 Å². The highest BCUT2D eigenvalue weighted by atomic mass is 32.2. The van der Waals surface area contributed by atoms with Crippen molar-refractivity contribution in [1.29, 1.82) is 0 Å². The molecule has 1 N–H and O–H groups in total. The molecule has 7 nitrogen and oxygen atoms in total. The van der Waals surface area contributed by atoms with Gasteiger partial charge >= 0.3 is 0 Å². The van der Waals surface area contributed by atoms with Gasteiger partial charge < -0.3 is 10.1 Å². The molecular formula is C22H21N5O2S. The van der Waals surface area contributed by atoms with E-state index in [4.69, 9.17) is 4.74 Å². The number of carbonyl (C=O) groups excluding carboxylic acids is 1. The Labute approximate surface area is 178 Å². The Morgan fingerprint density at radius 1 is 1.13 bits per heavy atom. The molecule has 8 heteroatoms. The molecule has 0 spiro atoms. The lowest BCUT2D eigenvalue weighted by Crippen LogP contribution is -2.11. The number of aromatic nitrogens is 4. The first kappa shape index (κ1) is 19.9. The Hall–Kier alpha value is -3.39. The van der Waals surface area contributed by atoms with Crippen molar-refractivity contribution in [1.82, 2.24) is 19.6 Å². The molecule has 0 aliphatic rings. The van der Waals surface area contributed by atoms with Gasteiger partial charge in [0.05, 0.1) is 7.11 Å². The van der Waals surface area contributed by atoms with E-state index in [9.17, 15) is 4.79 Å². The average molecular weight is 420 g/mol. The van der Waals surface area contributed by atoms with Gasteiger partial charge in [0.25, 0.3) is 11.7 Å². The van der Waals surface area contributed by atoms with E-state index in [1.54, 1.807) is 47.7 Å². The number of rotatable bonds is 6. The highest BCUT2D eigenvalue weighted by Gasteiger charge is 2.14. The molecule has 0 aliphatic heterocycles.